The molecule has 0 amide bonds. The SMILES string of the molecule is Cc1ccc(CN(C)C)cc1N. The van der Waals surface area contributed by atoms with Crippen molar-refractivity contribution in [2.45, 2.75) is 13.5 Å². The van der Waals surface area contributed by atoms with Gasteiger partial charge in [0.05, 0.1) is 0 Å². The van der Waals surface area contributed by atoms with Crippen LogP contribution in [0.1, 0.15) is 11.1 Å². The van der Waals surface area contributed by atoms with Gasteiger partial charge in [-0.05, 0) is 38.2 Å². The number of nitrogens with zero attached hydrogens (tertiary/aromatic N) is 1. The maximum Gasteiger partial charge on any atom is 0.0346 e. The van der Waals surface area contributed by atoms with Crippen LogP contribution in [-0.4, -0.2) is 19.0 Å². The van der Waals surface area contributed by atoms with Gasteiger partial charge < -0.3 is 10.6 Å². The summed E-state index contributed by atoms with van der Waals surface area (Å²) >= 11 is 0. The van der Waals surface area contributed by atoms with Crippen LogP contribution in [-0.2, 0) is 6.54 Å². The summed E-state index contributed by atoms with van der Waals surface area (Å²) in [6, 6.07) is 6.22. The Morgan fingerprint density at radius 2 is 2.00 bits per heavy atom. The standard InChI is InChI=1S/C10H16N2/c1-8-4-5-9(6-10(8)11)7-12(2)3/h4-6H,7,11H2,1-3H3. The van der Waals surface area contributed by atoms with Crippen molar-refractivity contribution in [2.24, 2.45) is 0 Å². The number of nitrogen functional groups attached to an aromatic ring is 1. The third-order valence-corrected chi connectivity index (χ3v) is 1.84. The first-order valence-electron chi connectivity index (χ1n) is 4.09. The molecule has 1 aromatic carbocycles. The highest BCUT2D eigenvalue weighted by Gasteiger charge is 1.97. The largest absolute Gasteiger partial charge is 0.399 e. The van der Waals surface area contributed by atoms with Crippen molar-refractivity contribution in [3.8, 4) is 0 Å². The van der Waals surface area contributed by atoms with Crippen molar-refractivity contribution in [1.29, 1.82) is 0 Å². The summed E-state index contributed by atoms with van der Waals surface area (Å²) in [5.74, 6) is 0. The molecule has 0 radical (unpaired) electrons. The van der Waals surface area contributed by atoms with E-state index in [9.17, 15) is 0 Å². The predicted octanol–water partition coefficient (Wildman–Crippen LogP) is 1.64. The lowest BCUT2D eigenvalue weighted by molar-refractivity contribution is 0.402. The molecule has 0 bridgehead atoms. The third-order valence-electron chi connectivity index (χ3n) is 1.84. The highest BCUT2D eigenvalue weighted by Crippen LogP contribution is 2.13. The van der Waals surface area contributed by atoms with E-state index in [0.717, 1.165) is 17.8 Å². The Morgan fingerprint density at radius 3 is 2.50 bits per heavy atom. The van der Waals surface area contributed by atoms with Gasteiger partial charge in [0.2, 0.25) is 0 Å². The van der Waals surface area contributed by atoms with E-state index < -0.39 is 0 Å². The summed E-state index contributed by atoms with van der Waals surface area (Å²) in [5, 5.41) is 0. The van der Waals surface area contributed by atoms with Gasteiger partial charge in [-0.25, -0.2) is 0 Å². The van der Waals surface area contributed by atoms with Crippen LogP contribution in [0.25, 0.3) is 0 Å². The third kappa shape index (κ3) is 2.24. The Hall–Kier alpha value is -1.02. The molecule has 0 saturated heterocycles. The van der Waals surface area contributed by atoms with Crippen LogP contribution in [0.2, 0.25) is 0 Å². The van der Waals surface area contributed by atoms with Gasteiger partial charge in [-0.3, -0.25) is 0 Å². The smallest absolute Gasteiger partial charge is 0.0346 e. The van der Waals surface area contributed by atoms with E-state index >= 15 is 0 Å². The number of aryl methyl sites for hydroxylation is 1. The topological polar surface area (TPSA) is 29.3 Å². The molecule has 0 atom stereocenters. The lowest BCUT2D eigenvalue weighted by Crippen LogP contribution is -2.10. The molecule has 2 heteroatoms. The zero-order valence-electron chi connectivity index (χ0n) is 7.96. The molecule has 0 aliphatic carbocycles. The van der Waals surface area contributed by atoms with Crippen LogP contribution in [0, 0.1) is 6.92 Å². The Bertz CT molecular complexity index is 267. The maximum absolute atomic E-state index is 5.78. The highest BCUT2D eigenvalue weighted by molar-refractivity contribution is 5.48. The fraction of sp³-hybridized carbons (Fsp3) is 0.400. The normalized spacial score (nSPS) is 10.7. The molecule has 12 heavy (non-hydrogen) atoms. The van der Waals surface area contributed by atoms with Gasteiger partial charge in [-0.1, -0.05) is 12.1 Å². The molecule has 1 aromatic rings. The predicted molar refractivity (Wildman–Crippen MR) is 53.0 cm³/mol. The first-order chi connectivity index (χ1) is 5.59. The average molecular weight is 164 g/mol. The molecular formula is C10H16N2. The lowest BCUT2D eigenvalue weighted by atomic mass is 10.1. The van der Waals surface area contributed by atoms with E-state index in [1.54, 1.807) is 0 Å². The van der Waals surface area contributed by atoms with E-state index in [2.05, 4.69) is 31.1 Å². The minimum absolute atomic E-state index is 0.884. The summed E-state index contributed by atoms with van der Waals surface area (Å²) in [6.45, 7) is 2.97. The molecule has 0 aliphatic rings. The first kappa shape index (κ1) is 9.07. The van der Waals surface area contributed by atoms with Crippen molar-refractivity contribution in [3.05, 3.63) is 29.3 Å². The first-order valence-corrected chi connectivity index (χ1v) is 4.09. The van der Waals surface area contributed by atoms with Gasteiger partial charge >= 0.3 is 0 Å². The molecule has 0 aromatic heterocycles. The molecule has 66 valence electrons. The van der Waals surface area contributed by atoms with Crippen molar-refractivity contribution < 1.29 is 0 Å². The van der Waals surface area contributed by atoms with Crippen LogP contribution in [0.3, 0.4) is 0 Å². The van der Waals surface area contributed by atoms with E-state index in [4.69, 9.17) is 5.73 Å². The molecule has 0 heterocycles. The Balaban J connectivity index is 2.82. The van der Waals surface area contributed by atoms with Crippen LogP contribution >= 0.6 is 0 Å². The second-order valence-corrected chi connectivity index (χ2v) is 3.43. The summed E-state index contributed by atoms with van der Waals surface area (Å²) in [4.78, 5) is 2.13. The number of hydrogen-bond acceptors (Lipinski definition) is 2. The molecule has 0 fully saturated rings. The average Bonchev–Trinajstić information content (AvgIpc) is 1.96. The van der Waals surface area contributed by atoms with E-state index in [0.29, 0.717) is 0 Å². The summed E-state index contributed by atoms with van der Waals surface area (Å²) in [5.41, 5.74) is 9.08. The molecule has 0 aliphatic heterocycles. The Morgan fingerprint density at radius 1 is 1.33 bits per heavy atom. The van der Waals surface area contributed by atoms with E-state index in [1.807, 2.05) is 13.0 Å². The number of hydrogen-bond donors (Lipinski definition) is 1. The molecule has 1 rings (SSSR count). The minimum Gasteiger partial charge on any atom is -0.399 e. The minimum atomic E-state index is 0.884. The second kappa shape index (κ2) is 3.59. The summed E-state index contributed by atoms with van der Waals surface area (Å²) in [6.07, 6.45) is 0. The van der Waals surface area contributed by atoms with Crippen molar-refractivity contribution in [3.63, 3.8) is 0 Å². The maximum atomic E-state index is 5.78. The summed E-state index contributed by atoms with van der Waals surface area (Å²) in [7, 11) is 4.10. The highest BCUT2D eigenvalue weighted by atomic mass is 15.0. The quantitative estimate of drug-likeness (QED) is 0.673. The van der Waals surface area contributed by atoms with Crippen LogP contribution in [0.5, 0.6) is 0 Å². The van der Waals surface area contributed by atoms with Crippen molar-refractivity contribution in [2.75, 3.05) is 19.8 Å². The van der Waals surface area contributed by atoms with Crippen LogP contribution in [0.15, 0.2) is 18.2 Å². The molecule has 2 nitrogen and oxygen atoms in total. The van der Waals surface area contributed by atoms with Gasteiger partial charge in [0, 0.05) is 12.2 Å². The number of rotatable bonds is 2. The van der Waals surface area contributed by atoms with Gasteiger partial charge in [0.1, 0.15) is 0 Å². The van der Waals surface area contributed by atoms with Crippen LogP contribution in [0.4, 0.5) is 5.69 Å². The van der Waals surface area contributed by atoms with Crippen LogP contribution < -0.4 is 5.73 Å². The number of anilines is 1. The van der Waals surface area contributed by atoms with E-state index in [-0.39, 0.29) is 0 Å². The van der Waals surface area contributed by atoms with Crippen molar-refractivity contribution in [1.82, 2.24) is 4.90 Å². The molecule has 2 N–H and O–H groups in total. The van der Waals surface area contributed by atoms with E-state index in [1.165, 1.54) is 5.56 Å². The Kier molecular flexibility index (Phi) is 2.71. The molecule has 0 spiro atoms. The van der Waals surface area contributed by atoms with Gasteiger partial charge in [0.25, 0.3) is 0 Å². The number of nitrogens with two attached hydrogens (primary N) is 1. The number of benzene rings is 1. The fourth-order valence-electron chi connectivity index (χ4n) is 1.15. The molecule has 0 saturated carbocycles. The zero-order chi connectivity index (χ0) is 9.14. The zero-order valence-corrected chi connectivity index (χ0v) is 7.96. The van der Waals surface area contributed by atoms with Crippen molar-refractivity contribution >= 4 is 5.69 Å². The lowest BCUT2D eigenvalue weighted by Gasteiger charge is -2.10. The second-order valence-electron chi connectivity index (χ2n) is 3.43. The fourth-order valence-corrected chi connectivity index (χ4v) is 1.15. The molecule has 0 unspecified atom stereocenters. The van der Waals surface area contributed by atoms with Gasteiger partial charge in [-0.15, -0.1) is 0 Å². The summed E-state index contributed by atoms with van der Waals surface area (Å²) < 4.78 is 0. The Labute approximate surface area is 74.0 Å². The molecular weight excluding hydrogens is 148 g/mol. The monoisotopic (exact) mass is 164 g/mol. The van der Waals surface area contributed by atoms with Gasteiger partial charge in [0.15, 0.2) is 0 Å². The van der Waals surface area contributed by atoms with Gasteiger partial charge in [-0.2, -0.15) is 0 Å².